The Balaban J connectivity index is 2.09. The fourth-order valence-electron chi connectivity index (χ4n) is 2.94. The first-order valence-corrected chi connectivity index (χ1v) is 6.59. The van der Waals surface area contributed by atoms with Crippen molar-refractivity contribution in [1.29, 1.82) is 0 Å². The summed E-state index contributed by atoms with van der Waals surface area (Å²) in [6, 6.07) is 2.30. The van der Waals surface area contributed by atoms with Gasteiger partial charge in [-0.1, -0.05) is 13.8 Å². The molecule has 1 fully saturated rings. The van der Waals surface area contributed by atoms with Gasteiger partial charge < -0.3 is 10.3 Å². The smallest absolute Gasteiger partial charge is 0.0156 e. The van der Waals surface area contributed by atoms with Gasteiger partial charge in [-0.15, -0.1) is 0 Å². The molecule has 0 bridgehead atoms. The van der Waals surface area contributed by atoms with Gasteiger partial charge in [0.05, 0.1) is 0 Å². The molecule has 17 heavy (non-hydrogen) atoms. The van der Waals surface area contributed by atoms with E-state index in [2.05, 4.69) is 49.0 Å². The number of aryl methyl sites for hydroxylation is 2. The average molecular weight is 235 g/mol. The number of piperazine rings is 1. The minimum Gasteiger partial charge on any atom is -0.362 e. The Labute approximate surface area is 105 Å². The number of nitrogens with zero attached hydrogens (tertiary/aromatic N) is 1. The fraction of sp³-hybridized carbons (Fsp3) is 0.714. The Bertz CT molecular complexity index is 373. The highest BCUT2D eigenvalue weighted by molar-refractivity contribution is 5.31. The summed E-state index contributed by atoms with van der Waals surface area (Å²) in [5.74, 6) is 0. The first-order valence-electron chi connectivity index (χ1n) is 6.59. The van der Waals surface area contributed by atoms with Crippen LogP contribution in [0, 0.1) is 13.8 Å². The predicted molar refractivity (Wildman–Crippen MR) is 72.6 cm³/mol. The van der Waals surface area contributed by atoms with Gasteiger partial charge in [-0.25, -0.2) is 0 Å². The second-order valence-corrected chi connectivity index (χ2v) is 5.90. The van der Waals surface area contributed by atoms with Gasteiger partial charge in [0, 0.05) is 49.5 Å². The molecular formula is C14H25N3. The third-order valence-electron chi connectivity index (χ3n) is 3.71. The number of aromatic nitrogens is 1. The third kappa shape index (κ3) is 2.90. The van der Waals surface area contributed by atoms with Crippen molar-refractivity contribution < 1.29 is 0 Å². The lowest BCUT2D eigenvalue weighted by atomic mass is 9.84. The van der Waals surface area contributed by atoms with Crippen LogP contribution in [0.2, 0.25) is 0 Å². The standard InChI is InChI=1S/C14H25N3/c1-11-9-13(12(2)16-11)14(3,4)10-17-7-5-15-6-8-17/h9,15-16H,5-8,10H2,1-4H3. The summed E-state index contributed by atoms with van der Waals surface area (Å²) in [6.07, 6.45) is 0. The molecule has 1 aromatic heterocycles. The Morgan fingerprint density at radius 2 is 1.88 bits per heavy atom. The van der Waals surface area contributed by atoms with Crippen LogP contribution in [0.15, 0.2) is 6.07 Å². The molecule has 2 rings (SSSR count). The summed E-state index contributed by atoms with van der Waals surface area (Å²) >= 11 is 0. The molecule has 1 aliphatic heterocycles. The van der Waals surface area contributed by atoms with Crippen molar-refractivity contribution in [3.63, 3.8) is 0 Å². The second kappa shape index (κ2) is 4.83. The molecule has 0 atom stereocenters. The van der Waals surface area contributed by atoms with E-state index in [-0.39, 0.29) is 5.41 Å². The second-order valence-electron chi connectivity index (χ2n) is 5.90. The number of aromatic amines is 1. The molecule has 1 aliphatic rings. The van der Waals surface area contributed by atoms with E-state index in [4.69, 9.17) is 0 Å². The highest BCUT2D eigenvalue weighted by Gasteiger charge is 2.27. The monoisotopic (exact) mass is 235 g/mol. The molecule has 1 aromatic rings. The van der Waals surface area contributed by atoms with E-state index in [1.165, 1.54) is 30.0 Å². The summed E-state index contributed by atoms with van der Waals surface area (Å²) in [4.78, 5) is 5.99. The minimum atomic E-state index is 0.228. The van der Waals surface area contributed by atoms with E-state index in [1.807, 2.05) is 0 Å². The first kappa shape index (κ1) is 12.7. The average Bonchev–Trinajstić information content (AvgIpc) is 2.59. The molecule has 3 nitrogen and oxygen atoms in total. The summed E-state index contributed by atoms with van der Waals surface area (Å²) in [5.41, 5.74) is 4.29. The zero-order chi connectivity index (χ0) is 12.5. The van der Waals surface area contributed by atoms with E-state index in [1.54, 1.807) is 0 Å². The largest absolute Gasteiger partial charge is 0.362 e. The van der Waals surface area contributed by atoms with Crippen LogP contribution in [-0.4, -0.2) is 42.6 Å². The molecular weight excluding hydrogens is 210 g/mol. The molecule has 2 heterocycles. The van der Waals surface area contributed by atoms with Crippen molar-refractivity contribution in [2.45, 2.75) is 33.1 Å². The number of nitrogens with one attached hydrogen (secondary N) is 2. The van der Waals surface area contributed by atoms with Crippen molar-refractivity contribution >= 4 is 0 Å². The normalized spacial score (nSPS) is 18.6. The van der Waals surface area contributed by atoms with Gasteiger partial charge in [0.15, 0.2) is 0 Å². The summed E-state index contributed by atoms with van der Waals surface area (Å²) in [5, 5.41) is 3.41. The van der Waals surface area contributed by atoms with Crippen molar-refractivity contribution in [2.24, 2.45) is 0 Å². The molecule has 0 aliphatic carbocycles. The molecule has 0 aromatic carbocycles. The number of hydrogen-bond donors (Lipinski definition) is 2. The quantitative estimate of drug-likeness (QED) is 0.837. The van der Waals surface area contributed by atoms with E-state index in [9.17, 15) is 0 Å². The molecule has 0 spiro atoms. The topological polar surface area (TPSA) is 31.1 Å². The molecule has 0 amide bonds. The van der Waals surface area contributed by atoms with Crippen molar-refractivity contribution in [1.82, 2.24) is 15.2 Å². The van der Waals surface area contributed by atoms with Crippen LogP contribution in [0.25, 0.3) is 0 Å². The molecule has 2 N–H and O–H groups in total. The van der Waals surface area contributed by atoms with Gasteiger partial charge >= 0.3 is 0 Å². The van der Waals surface area contributed by atoms with Crippen LogP contribution >= 0.6 is 0 Å². The van der Waals surface area contributed by atoms with Gasteiger partial charge in [-0.3, -0.25) is 4.90 Å². The maximum Gasteiger partial charge on any atom is 0.0156 e. The van der Waals surface area contributed by atoms with Crippen LogP contribution in [0.1, 0.15) is 30.8 Å². The predicted octanol–water partition coefficient (Wildman–Crippen LogP) is 1.81. The van der Waals surface area contributed by atoms with Gasteiger partial charge in [-0.05, 0) is 25.5 Å². The van der Waals surface area contributed by atoms with Crippen LogP contribution in [0.4, 0.5) is 0 Å². The third-order valence-corrected chi connectivity index (χ3v) is 3.71. The Hall–Kier alpha value is -0.800. The van der Waals surface area contributed by atoms with Crippen molar-refractivity contribution in [3.05, 3.63) is 23.0 Å². The van der Waals surface area contributed by atoms with E-state index in [0.717, 1.165) is 19.6 Å². The van der Waals surface area contributed by atoms with Gasteiger partial charge in [0.1, 0.15) is 0 Å². The van der Waals surface area contributed by atoms with E-state index >= 15 is 0 Å². The van der Waals surface area contributed by atoms with Crippen LogP contribution in [-0.2, 0) is 5.41 Å². The van der Waals surface area contributed by atoms with E-state index < -0.39 is 0 Å². The minimum absolute atomic E-state index is 0.228. The zero-order valence-corrected chi connectivity index (χ0v) is 11.6. The maximum atomic E-state index is 3.42. The van der Waals surface area contributed by atoms with Crippen molar-refractivity contribution in [3.8, 4) is 0 Å². The van der Waals surface area contributed by atoms with Crippen LogP contribution < -0.4 is 5.32 Å². The summed E-state index contributed by atoms with van der Waals surface area (Å²) < 4.78 is 0. The number of rotatable bonds is 3. The molecule has 0 radical (unpaired) electrons. The lowest BCUT2D eigenvalue weighted by molar-refractivity contribution is 0.199. The van der Waals surface area contributed by atoms with Gasteiger partial charge in [0.2, 0.25) is 0 Å². The lowest BCUT2D eigenvalue weighted by Gasteiger charge is -2.35. The first-order chi connectivity index (χ1) is 7.99. The highest BCUT2D eigenvalue weighted by Crippen LogP contribution is 2.28. The van der Waals surface area contributed by atoms with Gasteiger partial charge in [0.25, 0.3) is 0 Å². The molecule has 96 valence electrons. The highest BCUT2D eigenvalue weighted by atomic mass is 15.2. The molecule has 0 unspecified atom stereocenters. The van der Waals surface area contributed by atoms with Gasteiger partial charge in [-0.2, -0.15) is 0 Å². The number of hydrogen-bond acceptors (Lipinski definition) is 2. The SMILES string of the molecule is Cc1cc(C(C)(C)CN2CCNCC2)c(C)[nH]1. The summed E-state index contributed by atoms with van der Waals surface area (Å²) in [7, 11) is 0. The summed E-state index contributed by atoms with van der Waals surface area (Å²) in [6.45, 7) is 14.8. The molecule has 1 saturated heterocycles. The Morgan fingerprint density at radius 3 is 2.41 bits per heavy atom. The van der Waals surface area contributed by atoms with E-state index in [0.29, 0.717) is 0 Å². The van der Waals surface area contributed by atoms with Crippen LogP contribution in [0.5, 0.6) is 0 Å². The van der Waals surface area contributed by atoms with Crippen LogP contribution in [0.3, 0.4) is 0 Å². The Kier molecular flexibility index (Phi) is 3.59. The zero-order valence-electron chi connectivity index (χ0n) is 11.6. The number of H-pyrrole nitrogens is 1. The van der Waals surface area contributed by atoms with Crippen molar-refractivity contribution in [2.75, 3.05) is 32.7 Å². The maximum absolute atomic E-state index is 3.42. The fourth-order valence-corrected chi connectivity index (χ4v) is 2.94. The lowest BCUT2D eigenvalue weighted by Crippen LogP contribution is -2.48. The molecule has 3 heteroatoms. The molecule has 0 saturated carbocycles. The Morgan fingerprint density at radius 1 is 1.24 bits per heavy atom.